The first-order valence-electron chi connectivity index (χ1n) is 6.38. The van der Waals surface area contributed by atoms with Crippen LogP contribution < -0.4 is 5.32 Å². The molecule has 1 atom stereocenters. The summed E-state index contributed by atoms with van der Waals surface area (Å²) in [5.41, 5.74) is 0.879. The van der Waals surface area contributed by atoms with Crippen molar-refractivity contribution in [3.8, 4) is 10.4 Å². The lowest BCUT2D eigenvalue weighted by molar-refractivity contribution is 0.550. The van der Waals surface area contributed by atoms with E-state index in [2.05, 4.69) is 18.3 Å². The van der Waals surface area contributed by atoms with Gasteiger partial charge in [-0.2, -0.15) is 0 Å². The minimum Gasteiger partial charge on any atom is -0.312 e. The van der Waals surface area contributed by atoms with E-state index >= 15 is 0 Å². The summed E-state index contributed by atoms with van der Waals surface area (Å²) in [7, 11) is 1.97. The minimum absolute atomic E-state index is 0.166. The molecular formula is C15H17ClFNS. The summed E-state index contributed by atoms with van der Waals surface area (Å²) in [6.45, 7) is 2.17. The Bertz CT molecular complexity index is 553. The highest BCUT2D eigenvalue weighted by Gasteiger charge is 2.12. The van der Waals surface area contributed by atoms with Crippen molar-refractivity contribution in [2.24, 2.45) is 0 Å². The fourth-order valence-electron chi connectivity index (χ4n) is 2.06. The molecule has 1 heterocycles. The molecule has 102 valence electrons. The number of hydrogen-bond acceptors (Lipinski definition) is 2. The second-order valence-corrected chi connectivity index (χ2v) is 5.98. The summed E-state index contributed by atoms with van der Waals surface area (Å²) in [5.74, 6) is -0.368. The minimum atomic E-state index is -0.368. The van der Waals surface area contributed by atoms with E-state index in [9.17, 15) is 4.39 Å². The van der Waals surface area contributed by atoms with Crippen LogP contribution in [0.3, 0.4) is 0 Å². The maximum absolute atomic E-state index is 13.5. The van der Waals surface area contributed by atoms with Gasteiger partial charge >= 0.3 is 0 Å². The summed E-state index contributed by atoms with van der Waals surface area (Å²) in [5, 5.41) is 3.49. The van der Waals surface area contributed by atoms with Crippen molar-refractivity contribution >= 4 is 22.9 Å². The lowest BCUT2D eigenvalue weighted by atomic mass is 10.1. The maximum Gasteiger partial charge on any atom is 0.142 e. The van der Waals surface area contributed by atoms with Gasteiger partial charge in [0.15, 0.2) is 0 Å². The molecule has 0 aliphatic rings. The highest BCUT2D eigenvalue weighted by atomic mass is 35.5. The Morgan fingerprint density at radius 2 is 2.11 bits per heavy atom. The third-order valence-corrected chi connectivity index (χ3v) is 4.65. The molecule has 0 radical (unpaired) electrons. The average molecular weight is 298 g/mol. The Kier molecular flexibility index (Phi) is 4.97. The smallest absolute Gasteiger partial charge is 0.142 e. The fraction of sp³-hybridized carbons (Fsp3) is 0.333. The molecular weight excluding hydrogens is 281 g/mol. The van der Waals surface area contributed by atoms with E-state index in [1.165, 1.54) is 10.9 Å². The molecule has 1 nitrogen and oxygen atoms in total. The molecule has 19 heavy (non-hydrogen) atoms. The van der Waals surface area contributed by atoms with Crippen LogP contribution in [0.25, 0.3) is 10.4 Å². The SMILES string of the molecule is CCCC(NC)c1ccc(-c2ccc(Cl)c(F)c2)s1. The van der Waals surface area contributed by atoms with Crippen LogP contribution in [0.4, 0.5) is 4.39 Å². The van der Waals surface area contributed by atoms with Gasteiger partial charge in [0.2, 0.25) is 0 Å². The molecule has 0 fully saturated rings. The van der Waals surface area contributed by atoms with E-state index < -0.39 is 0 Å². The topological polar surface area (TPSA) is 12.0 Å². The monoisotopic (exact) mass is 297 g/mol. The second kappa shape index (κ2) is 6.51. The Morgan fingerprint density at radius 1 is 1.32 bits per heavy atom. The number of thiophene rings is 1. The van der Waals surface area contributed by atoms with Crippen LogP contribution in [0.2, 0.25) is 5.02 Å². The van der Waals surface area contributed by atoms with Gasteiger partial charge in [-0.05, 0) is 43.3 Å². The van der Waals surface area contributed by atoms with Crippen molar-refractivity contribution in [2.75, 3.05) is 7.05 Å². The van der Waals surface area contributed by atoms with Gasteiger partial charge in [-0.25, -0.2) is 4.39 Å². The third kappa shape index (κ3) is 3.35. The highest BCUT2D eigenvalue weighted by Crippen LogP contribution is 2.34. The van der Waals surface area contributed by atoms with Crippen LogP contribution in [0.15, 0.2) is 30.3 Å². The van der Waals surface area contributed by atoms with Gasteiger partial charge in [0, 0.05) is 15.8 Å². The van der Waals surface area contributed by atoms with E-state index in [1.54, 1.807) is 17.4 Å². The van der Waals surface area contributed by atoms with Crippen LogP contribution >= 0.6 is 22.9 Å². The van der Waals surface area contributed by atoms with Crippen molar-refractivity contribution in [1.29, 1.82) is 0 Å². The van der Waals surface area contributed by atoms with E-state index in [1.807, 2.05) is 19.2 Å². The van der Waals surface area contributed by atoms with Crippen LogP contribution in [-0.2, 0) is 0 Å². The van der Waals surface area contributed by atoms with Gasteiger partial charge in [0.25, 0.3) is 0 Å². The summed E-state index contributed by atoms with van der Waals surface area (Å²) in [6, 6.07) is 9.49. The Hall–Kier alpha value is -0.900. The van der Waals surface area contributed by atoms with Crippen molar-refractivity contribution in [2.45, 2.75) is 25.8 Å². The molecule has 1 aromatic carbocycles. The first-order valence-corrected chi connectivity index (χ1v) is 7.57. The zero-order valence-electron chi connectivity index (χ0n) is 11.0. The van der Waals surface area contributed by atoms with Crippen molar-refractivity contribution in [3.05, 3.63) is 46.0 Å². The van der Waals surface area contributed by atoms with E-state index in [-0.39, 0.29) is 10.8 Å². The fourth-order valence-corrected chi connectivity index (χ4v) is 3.33. The predicted molar refractivity (Wildman–Crippen MR) is 81.4 cm³/mol. The number of hydrogen-bond donors (Lipinski definition) is 1. The number of benzene rings is 1. The largest absolute Gasteiger partial charge is 0.312 e. The average Bonchev–Trinajstić information content (AvgIpc) is 2.88. The Morgan fingerprint density at radius 3 is 2.74 bits per heavy atom. The van der Waals surface area contributed by atoms with Crippen LogP contribution in [0.1, 0.15) is 30.7 Å². The van der Waals surface area contributed by atoms with Gasteiger partial charge in [-0.1, -0.05) is 31.0 Å². The van der Waals surface area contributed by atoms with Gasteiger partial charge in [0.1, 0.15) is 5.82 Å². The molecule has 1 N–H and O–H groups in total. The molecule has 0 saturated carbocycles. The number of rotatable bonds is 5. The summed E-state index contributed by atoms with van der Waals surface area (Å²) in [6.07, 6.45) is 2.24. The Labute approximate surface area is 122 Å². The first-order chi connectivity index (χ1) is 9.15. The van der Waals surface area contributed by atoms with Crippen LogP contribution in [0.5, 0.6) is 0 Å². The zero-order valence-corrected chi connectivity index (χ0v) is 12.6. The first kappa shape index (κ1) is 14.5. The number of halogens is 2. The molecule has 0 aliphatic carbocycles. The molecule has 0 bridgehead atoms. The normalized spacial score (nSPS) is 12.6. The van der Waals surface area contributed by atoms with Gasteiger partial charge in [-0.3, -0.25) is 0 Å². The van der Waals surface area contributed by atoms with E-state index in [4.69, 9.17) is 11.6 Å². The molecule has 0 aliphatic heterocycles. The van der Waals surface area contributed by atoms with E-state index in [0.717, 1.165) is 23.3 Å². The van der Waals surface area contributed by atoms with E-state index in [0.29, 0.717) is 6.04 Å². The van der Waals surface area contributed by atoms with Crippen LogP contribution in [0, 0.1) is 5.82 Å². The van der Waals surface area contributed by atoms with Crippen molar-refractivity contribution in [3.63, 3.8) is 0 Å². The van der Waals surface area contributed by atoms with Crippen LogP contribution in [-0.4, -0.2) is 7.05 Å². The molecule has 1 unspecified atom stereocenters. The van der Waals surface area contributed by atoms with Gasteiger partial charge in [-0.15, -0.1) is 11.3 Å². The van der Waals surface area contributed by atoms with Gasteiger partial charge < -0.3 is 5.32 Å². The molecule has 0 saturated heterocycles. The molecule has 4 heteroatoms. The summed E-state index contributed by atoms with van der Waals surface area (Å²) in [4.78, 5) is 2.36. The highest BCUT2D eigenvalue weighted by molar-refractivity contribution is 7.15. The molecule has 2 rings (SSSR count). The van der Waals surface area contributed by atoms with Crippen molar-refractivity contribution < 1.29 is 4.39 Å². The zero-order chi connectivity index (χ0) is 13.8. The summed E-state index contributed by atoms with van der Waals surface area (Å²) >= 11 is 7.41. The van der Waals surface area contributed by atoms with Gasteiger partial charge in [0.05, 0.1) is 5.02 Å². The number of nitrogens with one attached hydrogen (secondary N) is 1. The standard InChI is InChI=1S/C15H17ClFNS/c1-3-4-13(18-2)15-8-7-14(19-15)10-5-6-11(16)12(17)9-10/h5-9,13,18H,3-4H2,1-2H3. The summed E-state index contributed by atoms with van der Waals surface area (Å²) < 4.78 is 13.5. The Balaban J connectivity index is 2.27. The quantitative estimate of drug-likeness (QED) is 0.793. The molecule has 0 spiro atoms. The lowest BCUT2D eigenvalue weighted by Gasteiger charge is -2.12. The van der Waals surface area contributed by atoms with Crippen molar-refractivity contribution in [1.82, 2.24) is 5.32 Å². The predicted octanol–water partition coefficient (Wildman–Crippen LogP) is 5.27. The third-order valence-electron chi connectivity index (χ3n) is 3.10. The molecule has 0 amide bonds. The maximum atomic E-state index is 13.5. The lowest BCUT2D eigenvalue weighted by Crippen LogP contribution is -2.14. The molecule has 2 aromatic rings. The second-order valence-electron chi connectivity index (χ2n) is 4.46. The molecule has 1 aromatic heterocycles.